The zero-order chi connectivity index (χ0) is 16.9. The third-order valence-electron chi connectivity index (χ3n) is 4.43. The average molecular weight is 327 g/mol. The van der Waals surface area contributed by atoms with Crippen LogP contribution >= 0.6 is 0 Å². The Morgan fingerprint density at radius 3 is 2.58 bits per heavy atom. The molecule has 0 saturated carbocycles. The summed E-state index contributed by atoms with van der Waals surface area (Å²) in [6, 6.07) is 14.3. The summed E-state index contributed by atoms with van der Waals surface area (Å²) < 4.78 is 13.3. The molecule has 0 radical (unpaired) electrons. The van der Waals surface area contributed by atoms with Crippen LogP contribution in [0.4, 0.5) is 10.1 Å². The summed E-state index contributed by atoms with van der Waals surface area (Å²) in [6.45, 7) is 2.79. The second kappa shape index (κ2) is 7.45. The standard InChI is InChI=1S/C19H22FN3O/c20-15-6-7-18(21)17(12-15)19(24)22-16-8-10-23(11-9-16)13-14-4-2-1-3-5-14/h1-7,12,16H,8-11,13,21H2,(H,22,24). The van der Waals surface area contributed by atoms with Crippen LogP contribution in [0, 0.1) is 5.82 Å². The van der Waals surface area contributed by atoms with Gasteiger partial charge in [0.1, 0.15) is 5.82 Å². The van der Waals surface area contributed by atoms with Gasteiger partial charge in [-0.1, -0.05) is 30.3 Å². The number of nitrogens with one attached hydrogen (secondary N) is 1. The summed E-state index contributed by atoms with van der Waals surface area (Å²) in [6.07, 6.45) is 1.77. The van der Waals surface area contributed by atoms with Gasteiger partial charge in [0.2, 0.25) is 0 Å². The molecule has 126 valence electrons. The van der Waals surface area contributed by atoms with Gasteiger partial charge in [0.05, 0.1) is 5.56 Å². The monoisotopic (exact) mass is 327 g/mol. The van der Waals surface area contributed by atoms with E-state index in [1.165, 1.54) is 23.8 Å². The Morgan fingerprint density at radius 2 is 1.88 bits per heavy atom. The SMILES string of the molecule is Nc1ccc(F)cc1C(=O)NC1CCN(Cc2ccccc2)CC1. The van der Waals surface area contributed by atoms with Gasteiger partial charge in [-0.3, -0.25) is 9.69 Å². The van der Waals surface area contributed by atoms with Crippen molar-refractivity contribution in [1.29, 1.82) is 0 Å². The number of likely N-dealkylation sites (tertiary alicyclic amines) is 1. The number of benzene rings is 2. The minimum absolute atomic E-state index is 0.104. The van der Waals surface area contributed by atoms with Gasteiger partial charge in [-0.25, -0.2) is 4.39 Å². The van der Waals surface area contributed by atoms with E-state index in [2.05, 4.69) is 22.3 Å². The third kappa shape index (κ3) is 4.11. The molecule has 3 N–H and O–H groups in total. The Balaban J connectivity index is 1.52. The Hall–Kier alpha value is -2.40. The van der Waals surface area contributed by atoms with Crippen LogP contribution < -0.4 is 11.1 Å². The topological polar surface area (TPSA) is 58.4 Å². The molecule has 2 aromatic carbocycles. The minimum atomic E-state index is -0.452. The Kier molecular flexibility index (Phi) is 5.11. The molecular formula is C19H22FN3O. The number of carbonyl (C=O) groups excluding carboxylic acids is 1. The maximum Gasteiger partial charge on any atom is 0.253 e. The summed E-state index contributed by atoms with van der Waals surface area (Å²) in [4.78, 5) is 14.7. The lowest BCUT2D eigenvalue weighted by atomic mass is 10.0. The molecule has 1 aliphatic rings. The number of nitrogens with zero attached hydrogens (tertiary/aromatic N) is 1. The quantitative estimate of drug-likeness (QED) is 0.849. The van der Waals surface area contributed by atoms with Gasteiger partial charge in [-0.05, 0) is 36.6 Å². The van der Waals surface area contributed by atoms with Crippen LogP contribution in [0.25, 0.3) is 0 Å². The number of piperidine rings is 1. The van der Waals surface area contributed by atoms with Crippen LogP contribution in [-0.2, 0) is 6.54 Å². The molecule has 1 fully saturated rings. The van der Waals surface area contributed by atoms with E-state index in [0.29, 0.717) is 5.69 Å². The highest BCUT2D eigenvalue weighted by molar-refractivity contribution is 5.99. The maximum atomic E-state index is 13.3. The molecule has 1 saturated heterocycles. The van der Waals surface area contributed by atoms with Gasteiger partial charge in [0.15, 0.2) is 0 Å². The second-order valence-electron chi connectivity index (χ2n) is 6.24. The van der Waals surface area contributed by atoms with E-state index in [1.54, 1.807) is 0 Å². The molecule has 1 amide bonds. The van der Waals surface area contributed by atoms with Crippen molar-refractivity contribution in [3.63, 3.8) is 0 Å². The van der Waals surface area contributed by atoms with Gasteiger partial charge in [-0.2, -0.15) is 0 Å². The zero-order valence-electron chi connectivity index (χ0n) is 13.5. The molecule has 2 aromatic rings. The molecule has 3 rings (SSSR count). The van der Waals surface area contributed by atoms with Crippen molar-refractivity contribution in [2.24, 2.45) is 0 Å². The highest BCUT2D eigenvalue weighted by Crippen LogP contribution is 2.17. The number of amides is 1. The van der Waals surface area contributed by atoms with Crippen molar-refractivity contribution < 1.29 is 9.18 Å². The number of hydrogen-bond acceptors (Lipinski definition) is 3. The number of nitrogens with two attached hydrogens (primary N) is 1. The Bertz CT molecular complexity index is 697. The molecule has 5 heteroatoms. The van der Waals surface area contributed by atoms with Crippen molar-refractivity contribution in [2.45, 2.75) is 25.4 Å². The summed E-state index contributed by atoms with van der Waals surface area (Å²) in [7, 11) is 0. The van der Waals surface area contributed by atoms with Crippen molar-refractivity contribution in [3.8, 4) is 0 Å². The summed E-state index contributed by atoms with van der Waals surface area (Å²) in [5.74, 6) is -0.750. The number of rotatable bonds is 4. The lowest BCUT2D eigenvalue weighted by Gasteiger charge is -2.32. The lowest BCUT2D eigenvalue weighted by molar-refractivity contribution is 0.0909. The first-order valence-corrected chi connectivity index (χ1v) is 8.24. The van der Waals surface area contributed by atoms with Gasteiger partial charge >= 0.3 is 0 Å². The number of halogens is 1. The highest BCUT2D eigenvalue weighted by atomic mass is 19.1. The Morgan fingerprint density at radius 1 is 1.17 bits per heavy atom. The first kappa shape index (κ1) is 16.5. The Labute approximate surface area is 141 Å². The van der Waals surface area contributed by atoms with E-state index >= 15 is 0 Å². The molecule has 4 nitrogen and oxygen atoms in total. The molecule has 0 bridgehead atoms. The second-order valence-corrected chi connectivity index (χ2v) is 6.24. The third-order valence-corrected chi connectivity index (χ3v) is 4.43. The lowest BCUT2D eigenvalue weighted by Crippen LogP contribution is -2.44. The first-order valence-electron chi connectivity index (χ1n) is 8.24. The molecule has 0 aromatic heterocycles. The van der Waals surface area contributed by atoms with E-state index < -0.39 is 5.82 Å². The van der Waals surface area contributed by atoms with Crippen LogP contribution in [0.3, 0.4) is 0 Å². The predicted molar refractivity (Wildman–Crippen MR) is 93.0 cm³/mol. The molecule has 1 aliphatic heterocycles. The van der Waals surface area contributed by atoms with Crippen LogP contribution in [-0.4, -0.2) is 29.9 Å². The highest BCUT2D eigenvalue weighted by Gasteiger charge is 2.22. The van der Waals surface area contributed by atoms with Crippen LogP contribution in [0.1, 0.15) is 28.8 Å². The van der Waals surface area contributed by atoms with Gasteiger partial charge < -0.3 is 11.1 Å². The molecule has 1 heterocycles. The zero-order valence-corrected chi connectivity index (χ0v) is 13.5. The fourth-order valence-electron chi connectivity index (χ4n) is 3.07. The summed E-state index contributed by atoms with van der Waals surface area (Å²) in [5, 5.41) is 2.98. The van der Waals surface area contributed by atoms with Gasteiger partial charge in [0, 0.05) is 31.4 Å². The predicted octanol–water partition coefficient (Wildman–Crippen LogP) is 2.80. The maximum absolute atomic E-state index is 13.3. The number of carbonyl (C=O) groups is 1. The fourth-order valence-corrected chi connectivity index (χ4v) is 3.07. The van der Waals surface area contributed by atoms with E-state index in [4.69, 9.17) is 5.73 Å². The van der Waals surface area contributed by atoms with Crippen molar-refractivity contribution >= 4 is 11.6 Å². The molecular weight excluding hydrogens is 305 g/mol. The molecule has 0 spiro atoms. The number of anilines is 1. The largest absolute Gasteiger partial charge is 0.398 e. The van der Waals surface area contributed by atoms with E-state index in [-0.39, 0.29) is 17.5 Å². The van der Waals surface area contributed by atoms with E-state index in [9.17, 15) is 9.18 Å². The van der Waals surface area contributed by atoms with Crippen LogP contribution in [0.5, 0.6) is 0 Å². The van der Waals surface area contributed by atoms with Crippen molar-refractivity contribution in [3.05, 3.63) is 65.5 Å². The normalized spacial score (nSPS) is 16.0. The van der Waals surface area contributed by atoms with E-state index in [1.807, 2.05) is 18.2 Å². The minimum Gasteiger partial charge on any atom is -0.398 e. The number of nitrogen functional groups attached to an aromatic ring is 1. The number of hydrogen-bond donors (Lipinski definition) is 2. The molecule has 24 heavy (non-hydrogen) atoms. The van der Waals surface area contributed by atoms with Gasteiger partial charge in [0.25, 0.3) is 5.91 Å². The first-order chi connectivity index (χ1) is 11.6. The van der Waals surface area contributed by atoms with Gasteiger partial charge in [-0.15, -0.1) is 0 Å². The molecule has 0 unspecified atom stereocenters. The smallest absolute Gasteiger partial charge is 0.253 e. The van der Waals surface area contributed by atoms with Crippen molar-refractivity contribution in [2.75, 3.05) is 18.8 Å². The molecule has 0 atom stereocenters. The average Bonchev–Trinajstić information content (AvgIpc) is 2.59. The molecule has 0 aliphatic carbocycles. The fraction of sp³-hybridized carbons (Fsp3) is 0.316. The van der Waals surface area contributed by atoms with Crippen molar-refractivity contribution in [1.82, 2.24) is 10.2 Å². The van der Waals surface area contributed by atoms with Crippen LogP contribution in [0.2, 0.25) is 0 Å². The van der Waals surface area contributed by atoms with E-state index in [0.717, 1.165) is 32.5 Å². The van der Waals surface area contributed by atoms with Crippen LogP contribution in [0.15, 0.2) is 48.5 Å². The summed E-state index contributed by atoms with van der Waals surface area (Å²) in [5.41, 5.74) is 7.58. The summed E-state index contributed by atoms with van der Waals surface area (Å²) >= 11 is 0.